The van der Waals surface area contributed by atoms with Crippen molar-refractivity contribution in [2.24, 2.45) is 0 Å². The van der Waals surface area contributed by atoms with Gasteiger partial charge in [0.05, 0.1) is 6.61 Å². The van der Waals surface area contributed by atoms with E-state index in [-0.39, 0.29) is 25.2 Å². The van der Waals surface area contributed by atoms with Crippen LogP contribution < -0.4 is 0 Å². The van der Waals surface area contributed by atoms with Gasteiger partial charge >= 0.3 is 11.9 Å². The Bertz CT molecular complexity index is 617. The maximum atomic E-state index is 12.1. The third-order valence-electron chi connectivity index (χ3n) is 8.31. The fourth-order valence-corrected chi connectivity index (χ4v) is 5.43. The highest BCUT2D eigenvalue weighted by Crippen LogP contribution is 2.14. The molecule has 0 aromatic heterocycles. The molecule has 0 rings (SSSR count). The summed E-state index contributed by atoms with van der Waals surface area (Å²) < 4.78 is 10.6. The number of aliphatic hydroxyl groups excluding tert-OH is 1. The highest BCUT2D eigenvalue weighted by Gasteiger charge is 2.16. The lowest BCUT2D eigenvalue weighted by molar-refractivity contribution is -0.161. The van der Waals surface area contributed by atoms with Gasteiger partial charge in [0, 0.05) is 12.8 Å². The summed E-state index contributed by atoms with van der Waals surface area (Å²) in [5, 5.41) is 9.51. The maximum absolute atomic E-state index is 12.1. The Morgan fingerprint density at radius 1 is 0.512 bits per heavy atom. The standard InChI is InChI=1S/C38H72O5/c1-3-5-7-9-11-13-15-16-17-18-19-20-21-22-23-25-26-28-30-32-37(40)42-35-36(34-39)43-38(41)33-31-29-27-24-14-12-10-8-6-4-2/h16-17,36,39H,3-15,18-35H2,1-2H3/b17-16+/t36-/m0/s1. The molecular formula is C38H72O5. The number of hydrogen-bond donors (Lipinski definition) is 1. The van der Waals surface area contributed by atoms with E-state index in [1.165, 1.54) is 135 Å². The Labute approximate surface area is 267 Å². The normalized spacial score (nSPS) is 12.2. The van der Waals surface area contributed by atoms with Crippen LogP contribution in [0.3, 0.4) is 0 Å². The van der Waals surface area contributed by atoms with Gasteiger partial charge in [-0.2, -0.15) is 0 Å². The van der Waals surface area contributed by atoms with Gasteiger partial charge in [-0.05, 0) is 38.5 Å². The first-order valence-electron chi connectivity index (χ1n) is 18.7. The Balaban J connectivity index is 3.50. The van der Waals surface area contributed by atoms with Crippen molar-refractivity contribution in [2.45, 2.75) is 206 Å². The third kappa shape index (κ3) is 33.4. The second-order valence-corrected chi connectivity index (χ2v) is 12.7. The van der Waals surface area contributed by atoms with Gasteiger partial charge in [-0.15, -0.1) is 0 Å². The van der Waals surface area contributed by atoms with Crippen LogP contribution in [0.1, 0.15) is 200 Å². The molecule has 0 saturated carbocycles. The van der Waals surface area contributed by atoms with E-state index in [9.17, 15) is 14.7 Å². The van der Waals surface area contributed by atoms with Crippen LogP contribution >= 0.6 is 0 Å². The molecule has 0 unspecified atom stereocenters. The van der Waals surface area contributed by atoms with Gasteiger partial charge in [0.15, 0.2) is 6.10 Å². The molecule has 0 saturated heterocycles. The number of aliphatic hydroxyl groups is 1. The molecule has 0 spiro atoms. The predicted octanol–water partition coefficient (Wildman–Crippen LogP) is 11.3. The number of unbranched alkanes of at least 4 members (excludes halogenated alkanes) is 24. The van der Waals surface area contributed by atoms with E-state index in [1.807, 2.05) is 0 Å². The molecule has 254 valence electrons. The molecule has 0 aliphatic carbocycles. The summed E-state index contributed by atoms with van der Waals surface area (Å²) in [6, 6.07) is 0. The van der Waals surface area contributed by atoms with Gasteiger partial charge in [0.1, 0.15) is 6.61 Å². The molecular weight excluding hydrogens is 536 g/mol. The van der Waals surface area contributed by atoms with E-state index in [2.05, 4.69) is 26.0 Å². The number of ether oxygens (including phenoxy) is 2. The number of rotatable bonds is 34. The smallest absolute Gasteiger partial charge is 0.306 e. The van der Waals surface area contributed by atoms with Gasteiger partial charge in [-0.3, -0.25) is 9.59 Å². The van der Waals surface area contributed by atoms with Crippen molar-refractivity contribution in [3.05, 3.63) is 12.2 Å². The van der Waals surface area contributed by atoms with Gasteiger partial charge in [-0.25, -0.2) is 0 Å². The predicted molar refractivity (Wildman–Crippen MR) is 182 cm³/mol. The fraction of sp³-hybridized carbons (Fsp3) is 0.895. The average Bonchev–Trinajstić information content (AvgIpc) is 3.01. The zero-order valence-corrected chi connectivity index (χ0v) is 28.7. The molecule has 0 fully saturated rings. The van der Waals surface area contributed by atoms with E-state index in [0.29, 0.717) is 12.8 Å². The molecule has 1 atom stereocenters. The Kier molecular flexibility index (Phi) is 34.0. The minimum absolute atomic E-state index is 0.0615. The van der Waals surface area contributed by atoms with Crippen LogP contribution in [-0.4, -0.2) is 36.4 Å². The molecule has 1 N–H and O–H groups in total. The maximum Gasteiger partial charge on any atom is 0.306 e. The first-order chi connectivity index (χ1) is 21.1. The molecule has 43 heavy (non-hydrogen) atoms. The number of hydrogen-bond acceptors (Lipinski definition) is 5. The molecule has 5 heteroatoms. The van der Waals surface area contributed by atoms with Crippen molar-refractivity contribution in [2.75, 3.05) is 13.2 Å². The minimum Gasteiger partial charge on any atom is -0.462 e. The quantitative estimate of drug-likeness (QED) is 0.0447. The van der Waals surface area contributed by atoms with Crippen LogP contribution in [0.25, 0.3) is 0 Å². The molecule has 0 aliphatic heterocycles. The second-order valence-electron chi connectivity index (χ2n) is 12.7. The summed E-state index contributed by atoms with van der Waals surface area (Å²) in [6.45, 7) is 4.12. The minimum atomic E-state index is -0.763. The Morgan fingerprint density at radius 3 is 1.26 bits per heavy atom. The van der Waals surface area contributed by atoms with Crippen LogP contribution in [0.2, 0.25) is 0 Å². The number of carbonyl (C=O) groups is 2. The summed E-state index contributed by atoms with van der Waals surface area (Å²) in [4.78, 5) is 24.1. The van der Waals surface area contributed by atoms with Crippen LogP contribution in [-0.2, 0) is 19.1 Å². The molecule has 0 aromatic carbocycles. The molecule has 5 nitrogen and oxygen atoms in total. The van der Waals surface area contributed by atoms with Crippen molar-refractivity contribution in [3.63, 3.8) is 0 Å². The molecule has 0 heterocycles. The summed E-state index contributed by atoms with van der Waals surface area (Å²) in [6.07, 6.45) is 38.4. The fourth-order valence-electron chi connectivity index (χ4n) is 5.43. The molecule has 0 bridgehead atoms. The van der Waals surface area contributed by atoms with Gasteiger partial charge in [0.2, 0.25) is 0 Å². The lowest BCUT2D eigenvalue weighted by Crippen LogP contribution is -2.28. The summed E-state index contributed by atoms with van der Waals surface area (Å²) in [5.41, 5.74) is 0. The van der Waals surface area contributed by atoms with Crippen LogP contribution in [0, 0.1) is 0 Å². The largest absolute Gasteiger partial charge is 0.462 e. The van der Waals surface area contributed by atoms with Crippen molar-refractivity contribution >= 4 is 11.9 Å². The van der Waals surface area contributed by atoms with E-state index >= 15 is 0 Å². The number of allylic oxidation sites excluding steroid dienone is 2. The molecule has 0 aliphatic rings. The first-order valence-corrected chi connectivity index (χ1v) is 18.7. The van der Waals surface area contributed by atoms with E-state index in [4.69, 9.17) is 9.47 Å². The van der Waals surface area contributed by atoms with Gasteiger partial charge < -0.3 is 14.6 Å². The summed E-state index contributed by atoms with van der Waals surface area (Å²) in [7, 11) is 0. The number of carbonyl (C=O) groups excluding carboxylic acids is 2. The highest BCUT2D eigenvalue weighted by molar-refractivity contribution is 5.70. The van der Waals surface area contributed by atoms with Crippen LogP contribution in [0.4, 0.5) is 0 Å². The van der Waals surface area contributed by atoms with E-state index < -0.39 is 6.10 Å². The summed E-state index contributed by atoms with van der Waals surface area (Å²) in [5.74, 6) is -0.587. The van der Waals surface area contributed by atoms with Gasteiger partial charge in [0.25, 0.3) is 0 Å². The lowest BCUT2D eigenvalue weighted by Gasteiger charge is -2.15. The highest BCUT2D eigenvalue weighted by atomic mass is 16.6. The van der Waals surface area contributed by atoms with E-state index in [0.717, 1.165) is 38.5 Å². The van der Waals surface area contributed by atoms with Gasteiger partial charge in [-0.1, -0.05) is 161 Å². The zero-order valence-electron chi connectivity index (χ0n) is 28.7. The van der Waals surface area contributed by atoms with Crippen molar-refractivity contribution in [3.8, 4) is 0 Å². The average molecular weight is 609 g/mol. The van der Waals surface area contributed by atoms with Crippen LogP contribution in [0.5, 0.6) is 0 Å². The van der Waals surface area contributed by atoms with Crippen molar-refractivity contribution in [1.82, 2.24) is 0 Å². The lowest BCUT2D eigenvalue weighted by atomic mass is 10.1. The monoisotopic (exact) mass is 609 g/mol. The molecule has 0 radical (unpaired) electrons. The second kappa shape index (κ2) is 35.1. The summed E-state index contributed by atoms with van der Waals surface area (Å²) >= 11 is 0. The SMILES string of the molecule is CCCCCCCC/C=C/CCCCCCCCCCCC(=O)OC[C@H](CO)OC(=O)CCCCCCCCCCCC. The van der Waals surface area contributed by atoms with Crippen LogP contribution in [0.15, 0.2) is 12.2 Å². The molecule has 0 aromatic rings. The molecule has 0 amide bonds. The third-order valence-corrected chi connectivity index (χ3v) is 8.31. The first kappa shape index (κ1) is 41.6. The Hall–Kier alpha value is -1.36. The number of esters is 2. The topological polar surface area (TPSA) is 72.8 Å². The van der Waals surface area contributed by atoms with E-state index in [1.54, 1.807) is 0 Å². The van der Waals surface area contributed by atoms with Crippen molar-refractivity contribution in [1.29, 1.82) is 0 Å². The van der Waals surface area contributed by atoms with Crippen molar-refractivity contribution < 1.29 is 24.2 Å². The zero-order chi connectivity index (χ0) is 31.5. The Morgan fingerprint density at radius 2 is 0.860 bits per heavy atom.